The number of nitrogens with one attached hydrogen (secondary N) is 6. The van der Waals surface area contributed by atoms with Crippen LogP contribution in [0.15, 0.2) is 138 Å². The molecule has 0 unspecified atom stereocenters. The highest BCUT2D eigenvalue weighted by Crippen LogP contribution is 2.28. The van der Waals surface area contributed by atoms with Crippen molar-refractivity contribution in [2.24, 2.45) is 0 Å². The van der Waals surface area contributed by atoms with Gasteiger partial charge >= 0.3 is 0 Å². The molecule has 18 nitrogen and oxygen atoms in total. The van der Waals surface area contributed by atoms with Gasteiger partial charge in [-0.3, -0.25) is 0 Å². The minimum Gasteiger partial charge on any atom is -0.340 e. The van der Waals surface area contributed by atoms with E-state index in [1.54, 1.807) is 87.9 Å². The number of benzene rings is 4. The first kappa shape index (κ1) is 49.9. The van der Waals surface area contributed by atoms with Gasteiger partial charge in [-0.2, -0.15) is 9.97 Å². The van der Waals surface area contributed by atoms with Crippen LogP contribution in [0.4, 0.5) is 46.3 Å². The molecule has 8 rings (SSSR count). The van der Waals surface area contributed by atoms with Crippen LogP contribution in [0.1, 0.15) is 68.7 Å². The number of anilines is 8. The van der Waals surface area contributed by atoms with Crippen molar-refractivity contribution in [3.63, 3.8) is 0 Å². The second-order valence-corrected chi connectivity index (χ2v) is 22.4. The fourth-order valence-electron chi connectivity index (χ4n) is 7.69. The van der Waals surface area contributed by atoms with Gasteiger partial charge in [0, 0.05) is 94.6 Å². The van der Waals surface area contributed by atoms with Crippen molar-refractivity contribution in [1.29, 1.82) is 0 Å². The minimum atomic E-state index is -3.97. The third-order valence-electron chi connectivity index (χ3n) is 11.1. The Balaban J connectivity index is 0.880. The summed E-state index contributed by atoms with van der Waals surface area (Å²) in [5, 5.41) is 13.0. The summed E-state index contributed by atoms with van der Waals surface area (Å²) in [5.74, 6) is 3.46. The maximum absolute atomic E-state index is 13.9. The molecule has 0 aliphatic heterocycles. The normalized spacial score (nSPS) is 12.2. The first-order chi connectivity index (χ1) is 33.6. The van der Waals surface area contributed by atoms with Crippen LogP contribution in [0, 0.1) is 27.7 Å². The molecule has 0 bridgehead atoms. The summed E-state index contributed by atoms with van der Waals surface area (Å²) < 4.78 is 63.4. The molecule has 368 valence electrons. The number of imidazole rings is 2. The van der Waals surface area contributed by atoms with Crippen LogP contribution in [0.25, 0.3) is 5.69 Å². The summed E-state index contributed by atoms with van der Waals surface area (Å²) >= 11 is 0. The minimum absolute atomic E-state index is 0.0952. The van der Waals surface area contributed by atoms with Gasteiger partial charge in [0.1, 0.15) is 23.3 Å². The number of aromatic nitrogens is 8. The molecule has 8 aromatic rings. The molecule has 4 aromatic heterocycles. The van der Waals surface area contributed by atoms with Gasteiger partial charge in [0.05, 0.1) is 15.5 Å². The van der Waals surface area contributed by atoms with Crippen LogP contribution in [0.3, 0.4) is 0 Å². The second-order valence-electron chi connectivity index (χ2n) is 19.0. The summed E-state index contributed by atoms with van der Waals surface area (Å²) in [7, 11) is -7.71. The molecule has 0 atom stereocenters. The maximum atomic E-state index is 13.9. The number of rotatable bonds is 18. The smallest absolute Gasteiger partial charge is 0.241 e. The molecule has 0 amide bonds. The molecule has 0 spiro atoms. The third kappa shape index (κ3) is 12.8. The number of sulfonamides is 2. The zero-order chi connectivity index (χ0) is 50.7. The quantitative estimate of drug-likeness (QED) is 0.0471. The first-order valence-corrected chi connectivity index (χ1v) is 25.8. The van der Waals surface area contributed by atoms with Crippen molar-refractivity contribution < 1.29 is 16.8 Å². The van der Waals surface area contributed by atoms with Gasteiger partial charge in [0.25, 0.3) is 0 Å². The van der Waals surface area contributed by atoms with Gasteiger partial charge in [-0.25, -0.2) is 46.2 Å². The molecule has 6 N–H and O–H groups in total. The van der Waals surface area contributed by atoms with Gasteiger partial charge < -0.3 is 30.4 Å². The van der Waals surface area contributed by atoms with Crippen LogP contribution in [0.5, 0.6) is 0 Å². The Bertz CT molecular complexity index is 3420. The Kier molecular flexibility index (Phi) is 14.1. The van der Waals surface area contributed by atoms with Crippen LogP contribution < -0.4 is 30.7 Å². The van der Waals surface area contributed by atoms with Crippen molar-refractivity contribution in [1.82, 2.24) is 48.5 Å². The highest BCUT2D eigenvalue weighted by atomic mass is 32.2. The molecular weight excluding hydrogens is 937 g/mol. The lowest BCUT2D eigenvalue weighted by molar-refractivity contribution is 0.446. The van der Waals surface area contributed by atoms with Crippen molar-refractivity contribution in [2.45, 2.75) is 96.1 Å². The summed E-state index contributed by atoms with van der Waals surface area (Å²) in [6, 6.07) is 28.9. The summed E-state index contributed by atoms with van der Waals surface area (Å²) in [4.78, 5) is 27.6. The van der Waals surface area contributed by atoms with E-state index in [-0.39, 0.29) is 9.79 Å². The topological polar surface area (TPSA) is 228 Å². The highest BCUT2D eigenvalue weighted by Gasteiger charge is 2.28. The predicted octanol–water partition coefficient (Wildman–Crippen LogP) is 9.28. The van der Waals surface area contributed by atoms with Crippen LogP contribution in [0.2, 0.25) is 0 Å². The average Bonchev–Trinajstić information content (AvgIpc) is 3.88. The van der Waals surface area contributed by atoms with Gasteiger partial charge in [-0.15, -0.1) is 0 Å². The molecule has 0 saturated carbocycles. The SMILES string of the molecule is Cc1cnc(Nc2ccc(-n3cc(CC(C)(C)NS(=O)(=O)c4cccc(Nc5nc(Nc6ccc(Cn7ccnc7C)cc6)ncc5C)c4)nc3C)cc2)nc1Nc1cccc(S(=O)(=O)NC(C)(C)C)c1. The van der Waals surface area contributed by atoms with Crippen molar-refractivity contribution >= 4 is 66.3 Å². The largest absolute Gasteiger partial charge is 0.340 e. The first-order valence-electron chi connectivity index (χ1n) is 22.8. The summed E-state index contributed by atoms with van der Waals surface area (Å²) in [6.45, 7) is 17.4. The molecule has 20 heteroatoms. The van der Waals surface area contributed by atoms with Gasteiger partial charge in [0.2, 0.25) is 31.9 Å². The number of nitrogens with zero attached hydrogens (tertiary/aromatic N) is 8. The van der Waals surface area contributed by atoms with Crippen LogP contribution in [-0.4, -0.2) is 67.0 Å². The van der Waals surface area contributed by atoms with Gasteiger partial charge in [0.15, 0.2) is 0 Å². The zero-order valence-corrected chi connectivity index (χ0v) is 42.7. The zero-order valence-electron chi connectivity index (χ0n) is 41.1. The molecular formula is C51H58N14O4S2. The van der Waals surface area contributed by atoms with Crippen LogP contribution in [-0.2, 0) is 33.0 Å². The molecule has 0 fully saturated rings. The standard InChI is InChI=1S/C51H58N14O4S2/c1-33-29-53-48(58-38-18-16-37(17-19-38)31-64-25-24-52-35(64)3)60-47(33)57-41-13-11-15-45(27-41)71(68,69)63-51(8,9)28-42-32-65(36(4)55-42)43-22-20-39(21-23-43)59-49-54-30-34(2)46(61-49)56-40-12-10-14-44(26-40)70(66,67)62-50(5,6)7/h10-27,29-30,32,62-63H,28,31H2,1-9H3,(H2,53,57,58,60)(H2,54,56,59,61). The summed E-state index contributed by atoms with van der Waals surface area (Å²) in [6.07, 6.45) is 9.36. The Morgan fingerprint density at radius 1 is 0.563 bits per heavy atom. The number of aryl methyl sites for hydroxylation is 4. The Morgan fingerprint density at radius 2 is 1.08 bits per heavy atom. The van der Waals surface area contributed by atoms with E-state index in [4.69, 9.17) is 9.97 Å². The molecule has 0 saturated heterocycles. The molecule has 0 aliphatic rings. The number of hydrogen-bond acceptors (Lipinski definition) is 14. The van der Waals surface area contributed by atoms with E-state index in [1.165, 1.54) is 0 Å². The van der Waals surface area contributed by atoms with Crippen LogP contribution >= 0.6 is 0 Å². The van der Waals surface area contributed by atoms with Gasteiger partial charge in [-0.05, 0) is 141 Å². The highest BCUT2D eigenvalue weighted by molar-refractivity contribution is 7.89. The fourth-order valence-corrected chi connectivity index (χ4v) is 10.6. The lowest BCUT2D eigenvalue weighted by Gasteiger charge is -2.25. The fraction of sp³-hybridized carbons (Fsp3) is 0.255. The maximum Gasteiger partial charge on any atom is 0.241 e. The van der Waals surface area contributed by atoms with E-state index in [1.807, 2.05) is 107 Å². The van der Waals surface area contributed by atoms with Crippen molar-refractivity contribution in [3.8, 4) is 5.69 Å². The van der Waals surface area contributed by atoms with Gasteiger partial charge in [-0.1, -0.05) is 24.3 Å². The van der Waals surface area contributed by atoms with Crippen molar-refractivity contribution in [3.05, 3.63) is 162 Å². The second kappa shape index (κ2) is 20.1. The predicted molar refractivity (Wildman–Crippen MR) is 279 cm³/mol. The molecule has 0 radical (unpaired) electrons. The molecule has 71 heavy (non-hydrogen) atoms. The Morgan fingerprint density at radius 3 is 1.59 bits per heavy atom. The van der Waals surface area contributed by atoms with E-state index < -0.39 is 31.1 Å². The van der Waals surface area contributed by atoms with E-state index in [0.29, 0.717) is 47.0 Å². The molecule has 4 heterocycles. The summed E-state index contributed by atoms with van der Waals surface area (Å²) in [5.41, 5.74) is 5.36. The Labute approximate surface area is 415 Å². The van der Waals surface area contributed by atoms with E-state index in [9.17, 15) is 16.8 Å². The third-order valence-corrected chi connectivity index (χ3v) is 14.5. The molecule has 4 aromatic carbocycles. The lowest BCUT2D eigenvalue weighted by atomic mass is 10.0. The van der Waals surface area contributed by atoms with E-state index >= 15 is 0 Å². The molecule has 0 aliphatic carbocycles. The average molecular weight is 995 g/mol. The Hall–Kier alpha value is -7.52. The monoisotopic (exact) mass is 994 g/mol. The number of hydrogen-bond donors (Lipinski definition) is 6. The van der Waals surface area contributed by atoms with E-state index in [0.717, 1.165) is 51.9 Å². The van der Waals surface area contributed by atoms with E-state index in [2.05, 4.69) is 55.2 Å². The lowest BCUT2D eigenvalue weighted by Crippen LogP contribution is -2.45. The van der Waals surface area contributed by atoms with Crippen molar-refractivity contribution in [2.75, 3.05) is 21.3 Å².